The average Bonchev–Trinajstić information content (AvgIpc) is 2.70. The van der Waals surface area contributed by atoms with E-state index in [1.165, 1.54) is 0 Å². The van der Waals surface area contributed by atoms with Crippen molar-refractivity contribution < 1.29 is 13.2 Å². The quantitative estimate of drug-likeness (QED) is 0.628. The molecule has 1 saturated heterocycles. The molecule has 1 aliphatic rings. The van der Waals surface area contributed by atoms with Crippen molar-refractivity contribution in [1.82, 2.24) is 4.72 Å². The molecule has 3 atom stereocenters. The van der Waals surface area contributed by atoms with Crippen molar-refractivity contribution in [1.29, 1.82) is 0 Å². The van der Waals surface area contributed by atoms with Gasteiger partial charge in [-0.3, -0.25) is 0 Å². The van der Waals surface area contributed by atoms with E-state index in [9.17, 15) is 8.42 Å². The molecule has 106 valence electrons. The van der Waals surface area contributed by atoms with Crippen LogP contribution in [-0.4, -0.2) is 31.6 Å². The number of hydrogen-bond acceptors (Lipinski definition) is 3. The van der Waals surface area contributed by atoms with Gasteiger partial charge in [-0.25, -0.2) is 13.1 Å². The minimum absolute atomic E-state index is 0.0455. The minimum atomic E-state index is -3.47. The van der Waals surface area contributed by atoms with Crippen LogP contribution in [0.25, 0.3) is 0 Å². The van der Waals surface area contributed by atoms with E-state index in [4.69, 9.17) is 4.74 Å². The van der Waals surface area contributed by atoms with Crippen LogP contribution in [0.1, 0.15) is 12.5 Å². The first-order valence-corrected chi connectivity index (χ1v) is 9.21. The number of alkyl halides is 1. The Morgan fingerprint density at radius 2 is 2.00 bits per heavy atom. The maximum atomic E-state index is 12.3. The molecule has 0 aromatic heterocycles. The van der Waals surface area contributed by atoms with E-state index in [0.717, 1.165) is 9.99 Å². The third-order valence-corrected chi connectivity index (χ3v) is 5.70. The van der Waals surface area contributed by atoms with E-state index in [-0.39, 0.29) is 18.1 Å². The second-order valence-electron chi connectivity index (χ2n) is 4.96. The van der Waals surface area contributed by atoms with Gasteiger partial charge in [-0.15, -0.1) is 0 Å². The highest BCUT2D eigenvalue weighted by molar-refractivity contribution is 14.1. The summed E-state index contributed by atoms with van der Waals surface area (Å²) in [4.78, 5) is 0.310. The van der Waals surface area contributed by atoms with Gasteiger partial charge < -0.3 is 4.74 Å². The first-order valence-electron chi connectivity index (χ1n) is 6.20. The van der Waals surface area contributed by atoms with E-state index < -0.39 is 10.0 Å². The van der Waals surface area contributed by atoms with Gasteiger partial charge in [-0.1, -0.05) is 47.2 Å². The number of sulfonamides is 1. The molecule has 1 fully saturated rings. The number of nitrogens with one attached hydrogen (secondary N) is 1. The highest BCUT2D eigenvalue weighted by Gasteiger charge is 2.36. The largest absolute Gasteiger partial charge is 0.375 e. The molecule has 2 rings (SSSR count). The highest BCUT2D eigenvalue weighted by Crippen LogP contribution is 2.23. The number of rotatable bonds is 4. The topological polar surface area (TPSA) is 55.4 Å². The fourth-order valence-corrected chi connectivity index (χ4v) is 4.32. The Bertz CT molecular complexity index is 529. The molecule has 6 heteroatoms. The van der Waals surface area contributed by atoms with Gasteiger partial charge in [0.05, 0.1) is 23.6 Å². The predicted molar refractivity (Wildman–Crippen MR) is 83.1 cm³/mol. The van der Waals surface area contributed by atoms with Gasteiger partial charge in [-0.2, -0.15) is 0 Å². The van der Waals surface area contributed by atoms with Crippen LogP contribution in [0.15, 0.2) is 29.2 Å². The van der Waals surface area contributed by atoms with E-state index in [1.54, 1.807) is 24.3 Å². The number of ether oxygens (including phenoxy) is 1. The minimum Gasteiger partial charge on any atom is -0.375 e. The summed E-state index contributed by atoms with van der Waals surface area (Å²) in [5.41, 5.74) is 1.04. The molecule has 1 aromatic carbocycles. The molecular weight excluding hydrogens is 377 g/mol. The summed E-state index contributed by atoms with van der Waals surface area (Å²) >= 11 is 2.23. The van der Waals surface area contributed by atoms with Crippen molar-refractivity contribution >= 4 is 32.6 Å². The Morgan fingerprint density at radius 1 is 1.37 bits per heavy atom. The first kappa shape index (κ1) is 15.2. The van der Waals surface area contributed by atoms with E-state index >= 15 is 0 Å². The zero-order valence-corrected chi connectivity index (χ0v) is 13.9. The van der Waals surface area contributed by atoms with Gasteiger partial charge in [0.25, 0.3) is 0 Å². The van der Waals surface area contributed by atoms with Gasteiger partial charge in [0.15, 0.2) is 0 Å². The molecule has 0 saturated carbocycles. The second-order valence-corrected chi connectivity index (χ2v) is 7.56. The molecule has 1 aromatic rings. The van der Waals surface area contributed by atoms with Crippen molar-refractivity contribution in [2.24, 2.45) is 5.92 Å². The molecule has 0 unspecified atom stereocenters. The fourth-order valence-electron chi connectivity index (χ4n) is 2.15. The number of halogens is 1. The van der Waals surface area contributed by atoms with Crippen LogP contribution in [0.2, 0.25) is 0 Å². The Kier molecular flexibility index (Phi) is 4.86. The second kappa shape index (κ2) is 6.07. The summed E-state index contributed by atoms with van der Waals surface area (Å²) in [5.74, 6) is 0.194. The molecule has 0 radical (unpaired) electrons. The van der Waals surface area contributed by atoms with Gasteiger partial charge in [-0.05, 0) is 25.0 Å². The summed E-state index contributed by atoms with van der Waals surface area (Å²) in [6.07, 6.45) is -0.0455. The van der Waals surface area contributed by atoms with Crippen molar-refractivity contribution in [3.8, 4) is 0 Å². The predicted octanol–water partition coefficient (Wildman–Crippen LogP) is 2.11. The Hall–Kier alpha value is -0.180. The highest BCUT2D eigenvalue weighted by atomic mass is 127. The summed E-state index contributed by atoms with van der Waals surface area (Å²) in [7, 11) is -3.47. The molecule has 4 nitrogen and oxygen atoms in total. The normalized spacial score (nSPS) is 27.6. The van der Waals surface area contributed by atoms with E-state index in [0.29, 0.717) is 11.5 Å². The van der Waals surface area contributed by atoms with Crippen molar-refractivity contribution in [3.05, 3.63) is 29.8 Å². The summed E-state index contributed by atoms with van der Waals surface area (Å²) in [6, 6.07) is 6.73. The van der Waals surface area contributed by atoms with Crippen LogP contribution >= 0.6 is 22.6 Å². The monoisotopic (exact) mass is 395 g/mol. The van der Waals surface area contributed by atoms with Crippen LogP contribution in [0.5, 0.6) is 0 Å². The van der Waals surface area contributed by atoms with Crippen LogP contribution in [0.3, 0.4) is 0 Å². The van der Waals surface area contributed by atoms with Crippen LogP contribution < -0.4 is 4.72 Å². The van der Waals surface area contributed by atoms with Gasteiger partial charge in [0.2, 0.25) is 10.0 Å². The maximum absolute atomic E-state index is 12.3. The first-order chi connectivity index (χ1) is 8.94. The zero-order valence-electron chi connectivity index (χ0n) is 11.0. The number of benzene rings is 1. The summed E-state index contributed by atoms with van der Waals surface area (Å²) < 4.78 is 33.8. The standard InChI is InChI=1S/C13H18INO3S/c1-9-3-5-11(6-4-9)19(16,17)15-13-10(2)8-18-12(13)7-14/h3-6,10,12-13,15H,7-8H2,1-2H3/t10-,12-,13+/m1/s1. The molecule has 0 spiro atoms. The molecule has 19 heavy (non-hydrogen) atoms. The lowest BCUT2D eigenvalue weighted by Gasteiger charge is -2.21. The van der Waals surface area contributed by atoms with Crippen LogP contribution in [-0.2, 0) is 14.8 Å². The zero-order chi connectivity index (χ0) is 14.0. The Morgan fingerprint density at radius 3 is 2.58 bits per heavy atom. The molecule has 0 aliphatic carbocycles. The van der Waals surface area contributed by atoms with Crippen LogP contribution in [0, 0.1) is 12.8 Å². The lowest BCUT2D eigenvalue weighted by Crippen LogP contribution is -2.44. The van der Waals surface area contributed by atoms with Gasteiger partial charge in [0.1, 0.15) is 0 Å². The smallest absolute Gasteiger partial charge is 0.240 e. The maximum Gasteiger partial charge on any atom is 0.240 e. The average molecular weight is 395 g/mol. The third-order valence-electron chi connectivity index (χ3n) is 3.36. The SMILES string of the molecule is Cc1ccc(S(=O)(=O)N[C@H]2[C@H](C)CO[C@@H]2CI)cc1. The number of aryl methyl sites for hydroxylation is 1. The third kappa shape index (κ3) is 3.48. The van der Waals surface area contributed by atoms with Gasteiger partial charge in [0, 0.05) is 4.43 Å². The fraction of sp³-hybridized carbons (Fsp3) is 0.538. The van der Waals surface area contributed by atoms with Crippen molar-refractivity contribution in [3.63, 3.8) is 0 Å². The van der Waals surface area contributed by atoms with Crippen LogP contribution in [0.4, 0.5) is 0 Å². The molecule has 0 bridgehead atoms. The molecular formula is C13H18INO3S. The van der Waals surface area contributed by atoms with E-state index in [1.807, 2.05) is 13.8 Å². The summed E-state index contributed by atoms with van der Waals surface area (Å²) in [5, 5.41) is 0. The lowest BCUT2D eigenvalue weighted by molar-refractivity contribution is 0.120. The number of hydrogen-bond donors (Lipinski definition) is 1. The van der Waals surface area contributed by atoms with E-state index in [2.05, 4.69) is 27.3 Å². The Labute approximate surface area is 128 Å². The molecule has 1 aliphatic heterocycles. The van der Waals surface area contributed by atoms with Gasteiger partial charge >= 0.3 is 0 Å². The van der Waals surface area contributed by atoms with Crippen molar-refractivity contribution in [2.45, 2.75) is 30.9 Å². The van der Waals surface area contributed by atoms with Crippen molar-refractivity contribution in [2.75, 3.05) is 11.0 Å². The Balaban J connectivity index is 2.19. The lowest BCUT2D eigenvalue weighted by atomic mass is 10.0. The molecule has 0 amide bonds. The molecule has 1 N–H and O–H groups in total. The molecule has 1 heterocycles. The summed E-state index contributed by atoms with van der Waals surface area (Å²) in [6.45, 7) is 4.55.